The summed E-state index contributed by atoms with van der Waals surface area (Å²) in [5, 5.41) is 12.7. The van der Waals surface area contributed by atoms with Crippen LogP contribution in [0.4, 0.5) is 5.69 Å². The Morgan fingerprint density at radius 1 is 1.32 bits per heavy atom. The predicted octanol–water partition coefficient (Wildman–Crippen LogP) is 3.25. The van der Waals surface area contributed by atoms with Crippen molar-refractivity contribution in [3.05, 3.63) is 28.2 Å². The van der Waals surface area contributed by atoms with E-state index in [2.05, 4.69) is 11.4 Å². The van der Waals surface area contributed by atoms with Gasteiger partial charge in [-0.25, -0.2) is 0 Å². The predicted molar refractivity (Wildman–Crippen MR) is 73.2 cm³/mol. The van der Waals surface area contributed by atoms with E-state index >= 15 is 0 Å². The number of amides is 1. The second kappa shape index (κ2) is 5.79. The van der Waals surface area contributed by atoms with Crippen molar-refractivity contribution < 1.29 is 9.53 Å². The van der Waals surface area contributed by atoms with Crippen molar-refractivity contribution in [1.29, 1.82) is 5.26 Å². The molecular formula is C13H12Cl2N2O2. The molecule has 19 heavy (non-hydrogen) atoms. The Morgan fingerprint density at radius 3 is 2.42 bits per heavy atom. The summed E-state index contributed by atoms with van der Waals surface area (Å²) in [6, 6.07) is 7.05. The second-order valence-corrected chi connectivity index (χ2v) is 5.17. The minimum atomic E-state index is -1.07. The molecule has 1 heterocycles. The van der Waals surface area contributed by atoms with E-state index < -0.39 is 5.41 Å². The van der Waals surface area contributed by atoms with Crippen LogP contribution < -0.4 is 5.32 Å². The lowest BCUT2D eigenvalue weighted by Gasteiger charge is -2.29. The standard InChI is InChI=1S/C13H12Cl2N2O2/c14-9-2-1-3-10(15)11(9)17-12(18)13(8-16)4-6-19-7-5-13/h1-3H,4-7H2,(H,17,18). The molecule has 6 heteroatoms. The molecule has 1 aliphatic heterocycles. The average Bonchev–Trinajstić information content (AvgIpc) is 2.43. The first-order valence-corrected chi connectivity index (χ1v) is 6.59. The van der Waals surface area contributed by atoms with Crippen molar-refractivity contribution in [3.8, 4) is 6.07 Å². The van der Waals surface area contributed by atoms with Crippen LogP contribution in [0.3, 0.4) is 0 Å². The van der Waals surface area contributed by atoms with Crippen molar-refractivity contribution in [3.63, 3.8) is 0 Å². The molecule has 0 bridgehead atoms. The van der Waals surface area contributed by atoms with Crippen molar-refractivity contribution in [1.82, 2.24) is 0 Å². The average molecular weight is 299 g/mol. The fraction of sp³-hybridized carbons (Fsp3) is 0.385. The van der Waals surface area contributed by atoms with Crippen LogP contribution in [0.25, 0.3) is 0 Å². The van der Waals surface area contributed by atoms with E-state index in [0.717, 1.165) is 0 Å². The third kappa shape index (κ3) is 2.84. The molecular weight excluding hydrogens is 287 g/mol. The number of ether oxygens (including phenoxy) is 1. The maximum absolute atomic E-state index is 12.3. The molecule has 1 saturated heterocycles. The number of halogens is 2. The molecule has 1 amide bonds. The van der Waals surface area contributed by atoms with Crippen LogP contribution in [0.15, 0.2) is 18.2 Å². The number of rotatable bonds is 2. The second-order valence-electron chi connectivity index (χ2n) is 4.36. The zero-order chi connectivity index (χ0) is 13.9. The lowest BCUT2D eigenvalue weighted by molar-refractivity contribution is -0.126. The van der Waals surface area contributed by atoms with Crippen LogP contribution in [0.1, 0.15) is 12.8 Å². The molecule has 0 aliphatic carbocycles. The monoisotopic (exact) mass is 298 g/mol. The molecule has 4 nitrogen and oxygen atoms in total. The summed E-state index contributed by atoms with van der Waals surface area (Å²) in [4.78, 5) is 12.3. The number of hydrogen-bond donors (Lipinski definition) is 1. The van der Waals surface area contributed by atoms with Gasteiger partial charge in [0, 0.05) is 13.2 Å². The lowest BCUT2D eigenvalue weighted by atomic mass is 9.81. The van der Waals surface area contributed by atoms with E-state index in [0.29, 0.717) is 41.8 Å². The summed E-state index contributed by atoms with van der Waals surface area (Å²) in [5.41, 5.74) is -0.724. The number of benzene rings is 1. The number of nitrogens with one attached hydrogen (secondary N) is 1. The van der Waals surface area contributed by atoms with E-state index in [9.17, 15) is 10.1 Å². The van der Waals surface area contributed by atoms with Gasteiger partial charge in [0.2, 0.25) is 5.91 Å². The number of carbonyl (C=O) groups is 1. The number of para-hydroxylation sites is 1. The quantitative estimate of drug-likeness (QED) is 0.911. The molecule has 0 spiro atoms. The minimum absolute atomic E-state index is 0.344. The van der Waals surface area contributed by atoms with Gasteiger partial charge < -0.3 is 10.1 Å². The van der Waals surface area contributed by atoms with Crippen molar-refractivity contribution in [2.75, 3.05) is 18.5 Å². The van der Waals surface area contributed by atoms with E-state index in [-0.39, 0.29) is 5.91 Å². The van der Waals surface area contributed by atoms with Crippen LogP contribution in [0, 0.1) is 16.7 Å². The molecule has 0 aromatic heterocycles. The molecule has 0 saturated carbocycles. The zero-order valence-electron chi connectivity index (χ0n) is 10.1. The highest BCUT2D eigenvalue weighted by Crippen LogP contribution is 2.35. The molecule has 1 aromatic carbocycles. The van der Waals surface area contributed by atoms with E-state index in [1.807, 2.05) is 0 Å². The molecule has 1 N–H and O–H groups in total. The largest absolute Gasteiger partial charge is 0.381 e. The van der Waals surface area contributed by atoms with E-state index in [4.69, 9.17) is 27.9 Å². The fourth-order valence-electron chi connectivity index (χ4n) is 1.96. The highest BCUT2D eigenvalue weighted by Gasteiger charge is 2.40. The summed E-state index contributed by atoms with van der Waals surface area (Å²) in [7, 11) is 0. The summed E-state index contributed by atoms with van der Waals surface area (Å²) < 4.78 is 5.19. The maximum Gasteiger partial charge on any atom is 0.245 e. The fourth-order valence-corrected chi connectivity index (χ4v) is 2.45. The minimum Gasteiger partial charge on any atom is -0.381 e. The lowest BCUT2D eigenvalue weighted by Crippen LogP contribution is -2.40. The molecule has 1 aromatic rings. The molecule has 1 aliphatic rings. The van der Waals surface area contributed by atoms with Crippen molar-refractivity contribution >= 4 is 34.8 Å². The van der Waals surface area contributed by atoms with Crippen LogP contribution in [0.5, 0.6) is 0 Å². The normalized spacial score (nSPS) is 17.5. The first kappa shape index (κ1) is 14.1. The van der Waals surface area contributed by atoms with Crippen LogP contribution in [-0.4, -0.2) is 19.1 Å². The smallest absolute Gasteiger partial charge is 0.245 e. The van der Waals surface area contributed by atoms with E-state index in [1.165, 1.54) is 0 Å². The Bertz CT molecular complexity index is 514. The van der Waals surface area contributed by atoms with Gasteiger partial charge >= 0.3 is 0 Å². The van der Waals surface area contributed by atoms with Gasteiger partial charge in [-0.2, -0.15) is 5.26 Å². The molecule has 0 atom stereocenters. The van der Waals surface area contributed by atoms with E-state index in [1.54, 1.807) is 18.2 Å². The van der Waals surface area contributed by atoms with Crippen LogP contribution in [0.2, 0.25) is 10.0 Å². The van der Waals surface area contributed by atoms with Crippen molar-refractivity contribution in [2.45, 2.75) is 12.8 Å². The number of anilines is 1. The number of nitrogens with zero attached hydrogens (tertiary/aromatic N) is 1. The summed E-state index contributed by atoms with van der Waals surface area (Å²) >= 11 is 12.0. The molecule has 1 fully saturated rings. The molecule has 0 unspecified atom stereocenters. The number of nitriles is 1. The van der Waals surface area contributed by atoms with Crippen LogP contribution >= 0.6 is 23.2 Å². The zero-order valence-corrected chi connectivity index (χ0v) is 11.6. The number of hydrogen-bond acceptors (Lipinski definition) is 3. The topological polar surface area (TPSA) is 62.1 Å². The van der Waals surface area contributed by atoms with Gasteiger partial charge in [0.25, 0.3) is 0 Å². The highest BCUT2D eigenvalue weighted by molar-refractivity contribution is 6.39. The third-order valence-electron chi connectivity index (χ3n) is 3.20. The van der Waals surface area contributed by atoms with Gasteiger partial charge in [0.15, 0.2) is 0 Å². The molecule has 100 valence electrons. The Balaban J connectivity index is 2.23. The summed E-state index contributed by atoms with van der Waals surface area (Å²) in [5.74, 6) is -0.381. The Morgan fingerprint density at radius 2 is 1.89 bits per heavy atom. The molecule has 2 rings (SSSR count). The van der Waals surface area contributed by atoms with Gasteiger partial charge in [-0.15, -0.1) is 0 Å². The van der Waals surface area contributed by atoms with Gasteiger partial charge in [-0.05, 0) is 25.0 Å². The first-order valence-electron chi connectivity index (χ1n) is 5.83. The first-order chi connectivity index (χ1) is 9.09. The maximum atomic E-state index is 12.3. The third-order valence-corrected chi connectivity index (χ3v) is 3.83. The van der Waals surface area contributed by atoms with Gasteiger partial charge in [-0.3, -0.25) is 4.79 Å². The highest BCUT2D eigenvalue weighted by atomic mass is 35.5. The van der Waals surface area contributed by atoms with Gasteiger partial charge in [-0.1, -0.05) is 29.3 Å². The Kier molecular flexibility index (Phi) is 4.31. The van der Waals surface area contributed by atoms with Crippen LogP contribution in [-0.2, 0) is 9.53 Å². The van der Waals surface area contributed by atoms with Crippen molar-refractivity contribution in [2.24, 2.45) is 5.41 Å². The SMILES string of the molecule is N#CC1(C(=O)Nc2c(Cl)cccc2Cl)CCOCC1. The molecule has 0 radical (unpaired) electrons. The number of carbonyl (C=O) groups excluding carboxylic acids is 1. The Labute approximate surface area is 121 Å². The van der Waals surface area contributed by atoms with Gasteiger partial charge in [0.05, 0.1) is 21.8 Å². The van der Waals surface area contributed by atoms with Gasteiger partial charge in [0.1, 0.15) is 5.41 Å². The summed E-state index contributed by atoms with van der Waals surface area (Å²) in [6.45, 7) is 0.800. The Hall–Kier alpha value is -1.28. The summed E-state index contributed by atoms with van der Waals surface area (Å²) in [6.07, 6.45) is 0.745.